The molecule has 1 amide bonds. The topological polar surface area (TPSA) is 32.8 Å². The molecule has 0 radical (unpaired) electrons. The van der Waals surface area contributed by atoms with E-state index in [0.717, 1.165) is 19.4 Å². The van der Waals surface area contributed by atoms with Crippen LogP contribution in [0.3, 0.4) is 0 Å². The molecule has 1 aliphatic heterocycles. The first kappa shape index (κ1) is 9.48. The lowest BCUT2D eigenvalue weighted by molar-refractivity contribution is -0.197. The van der Waals surface area contributed by atoms with Crippen molar-refractivity contribution in [2.45, 2.75) is 12.8 Å². The Bertz CT molecular complexity index is 153. The highest BCUT2D eigenvalue weighted by molar-refractivity contribution is 5.77. The van der Waals surface area contributed by atoms with E-state index in [9.17, 15) is 4.79 Å². The van der Waals surface area contributed by atoms with Crippen LogP contribution >= 0.6 is 0 Å². The van der Waals surface area contributed by atoms with Gasteiger partial charge in [-0.15, -0.1) is 0 Å². The lowest BCUT2D eigenvalue weighted by Crippen LogP contribution is -2.40. The Hall–Kier alpha value is -0.610. The molecule has 0 spiro atoms. The van der Waals surface area contributed by atoms with Gasteiger partial charge in [-0.05, 0) is 26.9 Å². The molecule has 1 heterocycles. The molecule has 0 aromatic heterocycles. The third kappa shape index (κ3) is 2.79. The van der Waals surface area contributed by atoms with Gasteiger partial charge < -0.3 is 4.90 Å². The van der Waals surface area contributed by atoms with Gasteiger partial charge in [0.25, 0.3) is 5.91 Å². The van der Waals surface area contributed by atoms with Crippen LogP contribution in [0.5, 0.6) is 0 Å². The highest BCUT2D eigenvalue weighted by Crippen LogP contribution is 2.05. The van der Waals surface area contributed by atoms with Crippen molar-refractivity contribution in [2.24, 2.45) is 0 Å². The van der Waals surface area contributed by atoms with Crippen molar-refractivity contribution in [1.29, 1.82) is 0 Å². The predicted octanol–water partition coefficient (Wildman–Crippen LogP) is 0.102. The summed E-state index contributed by atoms with van der Waals surface area (Å²) in [4.78, 5) is 18.4. The summed E-state index contributed by atoms with van der Waals surface area (Å²) in [5.41, 5.74) is 0. The summed E-state index contributed by atoms with van der Waals surface area (Å²) in [5, 5.41) is 1.48. The smallest absolute Gasteiger partial charge is 0.260 e. The third-order valence-corrected chi connectivity index (χ3v) is 1.73. The summed E-state index contributed by atoms with van der Waals surface area (Å²) >= 11 is 0. The van der Waals surface area contributed by atoms with Crippen LogP contribution in [0.1, 0.15) is 12.8 Å². The molecule has 1 saturated heterocycles. The van der Waals surface area contributed by atoms with Crippen LogP contribution in [-0.2, 0) is 9.63 Å². The van der Waals surface area contributed by atoms with E-state index in [-0.39, 0.29) is 5.91 Å². The molecule has 12 heavy (non-hydrogen) atoms. The normalized spacial score (nSPS) is 18.4. The average molecular weight is 172 g/mol. The molecule has 0 unspecified atom stereocenters. The van der Waals surface area contributed by atoms with Crippen molar-refractivity contribution >= 4 is 5.91 Å². The van der Waals surface area contributed by atoms with Crippen molar-refractivity contribution in [3.05, 3.63) is 0 Å². The van der Waals surface area contributed by atoms with Crippen molar-refractivity contribution in [2.75, 3.05) is 33.8 Å². The Balaban J connectivity index is 2.30. The fraction of sp³-hybridized carbons (Fsp3) is 0.875. The van der Waals surface area contributed by atoms with Gasteiger partial charge in [0.1, 0.15) is 0 Å². The average Bonchev–Trinajstić information content (AvgIpc) is 2.05. The quantitative estimate of drug-likeness (QED) is 0.592. The second-order valence-corrected chi connectivity index (χ2v) is 3.27. The highest BCUT2D eigenvalue weighted by Gasteiger charge is 2.17. The minimum absolute atomic E-state index is 0.0553. The SMILES string of the molecule is CN(C)CC(=O)N1CCCCO1. The molecule has 0 N–H and O–H groups in total. The molecular weight excluding hydrogens is 156 g/mol. The number of nitrogens with zero attached hydrogens (tertiary/aromatic N) is 2. The van der Waals surface area contributed by atoms with E-state index in [1.807, 2.05) is 19.0 Å². The van der Waals surface area contributed by atoms with Gasteiger partial charge in [0, 0.05) is 6.54 Å². The summed E-state index contributed by atoms with van der Waals surface area (Å²) < 4.78 is 0. The fourth-order valence-corrected chi connectivity index (χ4v) is 1.14. The maximum atomic E-state index is 11.4. The molecule has 4 nitrogen and oxygen atoms in total. The third-order valence-electron chi connectivity index (χ3n) is 1.73. The summed E-state index contributed by atoms with van der Waals surface area (Å²) in [6.45, 7) is 1.85. The second-order valence-electron chi connectivity index (χ2n) is 3.27. The first-order valence-corrected chi connectivity index (χ1v) is 4.28. The molecule has 1 rings (SSSR count). The molecule has 70 valence electrons. The van der Waals surface area contributed by atoms with Crippen LogP contribution < -0.4 is 0 Å². The lowest BCUT2D eigenvalue weighted by atomic mass is 10.3. The Morgan fingerprint density at radius 1 is 1.50 bits per heavy atom. The van der Waals surface area contributed by atoms with Gasteiger partial charge in [-0.2, -0.15) is 0 Å². The van der Waals surface area contributed by atoms with Gasteiger partial charge in [0.15, 0.2) is 0 Å². The molecule has 0 aromatic rings. The molecule has 0 bridgehead atoms. The molecule has 1 aliphatic rings. The van der Waals surface area contributed by atoms with Gasteiger partial charge in [0.05, 0.1) is 13.2 Å². The number of carbonyl (C=O) groups excluding carboxylic acids is 1. The van der Waals surface area contributed by atoms with E-state index in [1.54, 1.807) is 0 Å². The maximum Gasteiger partial charge on any atom is 0.260 e. The zero-order valence-electron chi connectivity index (χ0n) is 7.75. The van der Waals surface area contributed by atoms with E-state index in [1.165, 1.54) is 5.06 Å². The fourth-order valence-electron chi connectivity index (χ4n) is 1.14. The molecular formula is C8H16N2O2. The van der Waals surface area contributed by atoms with E-state index >= 15 is 0 Å². The first-order chi connectivity index (χ1) is 5.70. The van der Waals surface area contributed by atoms with Crippen LogP contribution in [0, 0.1) is 0 Å². The standard InChI is InChI=1S/C8H16N2O2/c1-9(2)7-8(11)10-5-3-4-6-12-10/h3-7H2,1-2H3. The Kier molecular flexibility index (Phi) is 3.49. The van der Waals surface area contributed by atoms with E-state index in [2.05, 4.69) is 0 Å². The number of hydrogen-bond donors (Lipinski definition) is 0. The number of hydroxylamine groups is 2. The van der Waals surface area contributed by atoms with E-state index in [0.29, 0.717) is 13.2 Å². The van der Waals surface area contributed by atoms with Gasteiger partial charge in [-0.25, -0.2) is 5.06 Å². The minimum Gasteiger partial charge on any atom is -0.301 e. The first-order valence-electron chi connectivity index (χ1n) is 4.28. The molecule has 4 heteroatoms. The monoisotopic (exact) mass is 172 g/mol. The minimum atomic E-state index is 0.0553. The summed E-state index contributed by atoms with van der Waals surface area (Å²) in [7, 11) is 3.75. The zero-order chi connectivity index (χ0) is 8.97. The van der Waals surface area contributed by atoms with Gasteiger partial charge in [-0.1, -0.05) is 0 Å². The summed E-state index contributed by atoms with van der Waals surface area (Å²) in [5.74, 6) is 0.0553. The van der Waals surface area contributed by atoms with Crippen LogP contribution in [-0.4, -0.2) is 49.7 Å². The molecule has 0 aliphatic carbocycles. The van der Waals surface area contributed by atoms with Gasteiger partial charge >= 0.3 is 0 Å². The van der Waals surface area contributed by atoms with E-state index < -0.39 is 0 Å². The lowest BCUT2D eigenvalue weighted by Gasteiger charge is -2.26. The number of carbonyl (C=O) groups is 1. The largest absolute Gasteiger partial charge is 0.301 e. The Morgan fingerprint density at radius 2 is 2.25 bits per heavy atom. The molecule has 0 atom stereocenters. The van der Waals surface area contributed by atoms with Crippen LogP contribution in [0.25, 0.3) is 0 Å². The van der Waals surface area contributed by atoms with Crippen molar-refractivity contribution in [3.8, 4) is 0 Å². The highest BCUT2D eigenvalue weighted by atomic mass is 16.7. The van der Waals surface area contributed by atoms with Gasteiger partial charge in [-0.3, -0.25) is 9.63 Å². The van der Waals surface area contributed by atoms with Crippen molar-refractivity contribution in [1.82, 2.24) is 9.96 Å². The Labute approximate surface area is 73.0 Å². The summed E-state index contributed by atoms with van der Waals surface area (Å²) in [6.07, 6.45) is 2.12. The van der Waals surface area contributed by atoms with Crippen molar-refractivity contribution < 1.29 is 9.63 Å². The Morgan fingerprint density at radius 3 is 2.75 bits per heavy atom. The molecule has 0 saturated carbocycles. The summed E-state index contributed by atoms with van der Waals surface area (Å²) in [6, 6.07) is 0. The maximum absolute atomic E-state index is 11.4. The van der Waals surface area contributed by atoms with Gasteiger partial charge in [0.2, 0.25) is 0 Å². The number of likely N-dealkylation sites (N-methyl/N-ethyl adjacent to an activating group) is 1. The van der Waals surface area contributed by atoms with Crippen LogP contribution in [0.4, 0.5) is 0 Å². The number of rotatable bonds is 2. The van der Waals surface area contributed by atoms with Crippen LogP contribution in [0.2, 0.25) is 0 Å². The predicted molar refractivity (Wildman–Crippen MR) is 45.5 cm³/mol. The van der Waals surface area contributed by atoms with Crippen molar-refractivity contribution in [3.63, 3.8) is 0 Å². The van der Waals surface area contributed by atoms with Crippen LogP contribution in [0.15, 0.2) is 0 Å². The molecule has 0 aromatic carbocycles. The number of hydrogen-bond acceptors (Lipinski definition) is 3. The zero-order valence-corrected chi connectivity index (χ0v) is 7.75. The van der Waals surface area contributed by atoms with E-state index in [4.69, 9.17) is 4.84 Å². The second kappa shape index (κ2) is 4.42. The number of amides is 1. The molecule has 1 fully saturated rings.